The van der Waals surface area contributed by atoms with Gasteiger partial charge < -0.3 is 19.7 Å². The Labute approximate surface area is 170 Å². The van der Waals surface area contributed by atoms with Crippen LogP contribution < -0.4 is 19.7 Å². The second-order valence-electron chi connectivity index (χ2n) is 7.13. The largest absolute Gasteiger partial charge is 0.486 e. The van der Waals surface area contributed by atoms with Crippen LogP contribution in [0.2, 0.25) is 0 Å². The number of sulfone groups is 1. The van der Waals surface area contributed by atoms with Crippen molar-refractivity contribution < 1.29 is 22.7 Å². The SMILES string of the molecule is O=C(CCS(=O)(=O)c1ccc2c(c1)OCCO2)Nc1ccccc1N1CCCC1. The Hall–Kier alpha value is -2.74. The molecule has 1 fully saturated rings. The summed E-state index contributed by atoms with van der Waals surface area (Å²) in [4.78, 5) is 14.8. The molecule has 0 bridgehead atoms. The lowest BCUT2D eigenvalue weighted by atomic mass is 10.2. The van der Waals surface area contributed by atoms with Crippen molar-refractivity contribution >= 4 is 27.1 Å². The number of anilines is 2. The topological polar surface area (TPSA) is 84.9 Å². The average Bonchev–Trinajstić information content (AvgIpc) is 3.27. The molecule has 8 heteroatoms. The summed E-state index contributed by atoms with van der Waals surface area (Å²) in [5, 5.41) is 2.87. The van der Waals surface area contributed by atoms with Crippen LogP contribution in [0.15, 0.2) is 47.4 Å². The van der Waals surface area contributed by atoms with Crippen molar-refractivity contribution in [1.29, 1.82) is 0 Å². The summed E-state index contributed by atoms with van der Waals surface area (Å²) in [6, 6.07) is 12.2. The van der Waals surface area contributed by atoms with Gasteiger partial charge in [0.05, 0.1) is 22.0 Å². The van der Waals surface area contributed by atoms with Crippen molar-refractivity contribution in [3.63, 3.8) is 0 Å². The normalized spacial score (nSPS) is 15.9. The van der Waals surface area contributed by atoms with E-state index in [2.05, 4.69) is 10.2 Å². The van der Waals surface area contributed by atoms with Gasteiger partial charge in [-0.3, -0.25) is 4.79 Å². The summed E-state index contributed by atoms with van der Waals surface area (Å²) in [5.41, 5.74) is 1.70. The molecule has 2 aliphatic heterocycles. The van der Waals surface area contributed by atoms with Gasteiger partial charge in [-0.1, -0.05) is 12.1 Å². The number of hydrogen-bond donors (Lipinski definition) is 1. The molecule has 0 aromatic heterocycles. The Morgan fingerprint density at radius 3 is 2.52 bits per heavy atom. The van der Waals surface area contributed by atoms with Crippen LogP contribution in [0.25, 0.3) is 0 Å². The molecule has 0 spiro atoms. The minimum Gasteiger partial charge on any atom is -0.486 e. The van der Waals surface area contributed by atoms with Crippen molar-refractivity contribution in [2.75, 3.05) is 42.3 Å². The molecule has 4 rings (SSSR count). The molecule has 2 heterocycles. The molecule has 154 valence electrons. The van der Waals surface area contributed by atoms with Crippen LogP contribution in [0.5, 0.6) is 11.5 Å². The molecule has 0 atom stereocenters. The molecular formula is C21H24N2O5S. The monoisotopic (exact) mass is 416 g/mol. The highest BCUT2D eigenvalue weighted by atomic mass is 32.2. The minimum atomic E-state index is -3.61. The maximum atomic E-state index is 12.7. The number of fused-ring (bicyclic) bond motifs is 1. The zero-order valence-corrected chi connectivity index (χ0v) is 16.9. The molecule has 2 aromatic carbocycles. The Morgan fingerprint density at radius 1 is 1.00 bits per heavy atom. The predicted octanol–water partition coefficient (Wildman–Crippen LogP) is 2.86. The van der Waals surface area contributed by atoms with Gasteiger partial charge in [0.25, 0.3) is 0 Å². The van der Waals surface area contributed by atoms with E-state index in [1.54, 1.807) is 6.07 Å². The third-order valence-corrected chi connectivity index (χ3v) is 6.81. The Kier molecular flexibility index (Phi) is 5.62. The molecule has 0 unspecified atom stereocenters. The number of carbonyl (C=O) groups excluding carboxylic acids is 1. The number of ether oxygens (including phenoxy) is 2. The third kappa shape index (κ3) is 4.48. The first-order chi connectivity index (χ1) is 14.0. The van der Waals surface area contributed by atoms with Crippen molar-refractivity contribution in [2.24, 2.45) is 0 Å². The number of nitrogens with zero attached hydrogens (tertiary/aromatic N) is 1. The standard InChI is InChI=1S/C21H24N2O5S/c24-21(22-17-5-1-2-6-18(17)23-10-3-4-11-23)9-14-29(25,26)16-7-8-19-20(15-16)28-13-12-27-19/h1-2,5-8,15H,3-4,9-14H2,(H,22,24). The first-order valence-electron chi connectivity index (χ1n) is 9.79. The van der Waals surface area contributed by atoms with E-state index in [4.69, 9.17) is 9.47 Å². The number of benzene rings is 2. The van der Waals surface area contributed by atoms with Crippen LogP contribution in [0, 0.1) is 0 Å². The number of carbonyl (C=O) groups is 1. The molecule has 2 aliphatic rings. The summed E-state index contributed by atoms with van der Waals surface area (Å²) in [6.45, 7) is 2.75. The molecule has 1 saturated heterocycles. The fourth-order valence-corrected chi connectivity index (χ4v) is 4.84. The van der Waals surface area contributed by atoms with E-state index in [9.17, 15) is 13.2 Å². The number of hydrogen-bond acceptors (Lipinski definition) is 6. The molecule has 2 aromatic rings. The second-order valence-corrected chi connectivity index (χ2v) is 9.24. The maximum Gasteiger partial charge on any atom is 0.225 e. The van der Waals surface area contributed by atoms with Crippen LogP contribution in [-0.2, 0) is 14.6 Å². The lowest BCUT2D eigenvalue weighted by Crippen LogP contribution is -2.22. The first-order valence-corrected chi connectivity index (χ1v) is 11.4. The molecular weight excluding hydrogens is 392 g/mol. The fourth-order valence-electron chi connectivity index (χ4n) is 3.59. The highest BCUT2D eigenvalue weighted by Gasteiger charge is 2.21. The van der Waals surface area contributed by atoms with E-state index >= 15 is 0 Å². The van der Waals surface area contributed by atoms with Crippen molar-refractivity contribution in [2.45, 2.75) is 24.2 Å². The number of rotatable bonds is 6. The van der Waals surface area contributed by atoms with Crippen molar-refractivity contribution in [1.82, 2.24) is 0 Å². The van der Waals surface area contributed by atoms with Gasteiger partial charge in [0.1, 0.15) is 13.2 Å². The van der Waals surface area contributed by atoms with Crippen LogP contribution in [0.4, 0.5) is 11.4 Å². The third-order valence-electron chi connectivity index (χ3n) is 5.10. The van der Waals surface area contributed by atoms with Gasteiger partial charge in [0, 0.05) is 25.6 Å². The number of nitrogens with one attached hydrogen (secondary N) is 1. The quantitative estimate of drug-likeness (QED) is 0.780. The molecule has 0 saturated carbocycles. The zero-order chi connectivity index (χ0) is 20.3. The van der Waals surface area contributed by atoms with Gasteiger partial charge >= 0.3 is 0 Å². The summed E-state index contributed by atoms with van der Waals surface area (Å²) in [5.74, 6) is 0.357. The molecule has 1 amide bonds. The molecule has 29 heavy (non-hydrogen) atoms. The Morgan fingerprint density at radius 2 is 1.72 bits per heavy atom. The van der Waals surface area contributed by atoms with E-state index in [0.717, 1.165) is 37.3 Å². The smallest absolute Gasteiger partial charge is 0.225 e. The van der Waals surface area contributed by atoms with Gasteiger partial charge in [-0.2, -0.15) is 0 Å². The van der Waals surface area contributed by atoms with Crippen molar-refractivity contribution in [3.05, 3.63) is 42.5 Å². The van der Waals surface area contributed by atoms with Crippen molar-refractivity contribution in [3.8, 4) is 11.5 Å². The lowest BCUT2D eigenvalue weighted by Gasteiger charge is -2.21. The second kappa shape index (κ2) is 8.32. The maximum absolute atomic E-state index is 12.7. The lowest BCUT2D eigenvalue weighted by molar-refractivity contribution is -0.115. The summed E-state index contributed by atoms with van der Waals surface area (Å²) < 4.78 is 36.2. The first kappa shape index (κ1) is 19.6. The fraction of sp³-hybridized carbons (Fsp3) is 0.381. The van der Waals surface area contributed by atoms with Crippen LogP contribution in [-0.4, -0.2) is 46.4 Å². The molecule has 0 radical (unpaired) electrons. The van der Waals surface area contributed by atoms with E-state index < -0.39 is 9.84 Å². The van der Waals surface area contributed by atoms with Gasteiger partial charge in [-0.05, 0) is 37.1 Å². The van der Waals surface area contributed by atoms with Gasteiger partial charge in [0.15, 0.2) is 21.3 Å². The summed E-state index contributed by atoms with van der Waals surface area (Å²) in [7, 11) is -3.61. The van der Waals surface area contributed by atoms with Crippen LogP contribution in [0.1, 0.15) is 19.3 Å². The van der Waals surface area contributed by atoms with Crippen LogP contribution >= 0.6 is 0 Å². The molecule has 7 nitrogen and oxygen atoms in total. The van der Waals surface area contributed by atoms with E-state index in [1.165, 1.54) is 12.1 Å². The Balaban J connectivity index is 1.41. The van der Waals surface area contributed by atoms with Gasteiger partial charge in [-0.25, -0.2) is 8.42 Å². The number of amides is 1. The van der Waals surface area contributed by atoms with E-state index in [1.807, 2.05) is 24.3 Å². The van der Waals surface area contributed by atoms with Crippen LogP contribution in [0.3, 0.4) is 0 Å². The highest BCUT2D eigenvalue weighted by molar-refractivity contribution is 7.91. The minimum absolute atomic E-state index is 0.120. The zero-order valence-electron chi connectivity index (χ0n) is 16.1. The summed E-state index contributed by atoms with van der Waals surface area (Å²) >= 11 is 0. The van der Waals surface area contributed by atoms with E-state index in [0.29, 0.717) is 24.7 Å². The Bertz CT molecular complexity index is 1000. The average molecular weight is 416 g/mol. The van der Waals surface area contributed by atoms with E-state index in [-0.39, 0.29) is 23.0 Å². The van der Waals surface area contributed by atoms with Gasteiger partial charge in [-0.15, -0.1) is 0 Å². The number of para-hydroxylation sites is 2. The van der Waals surface area contributed by atoms with Gasteiger partial charge in [0.2, 0.25) is 5.91 Å². The predicted molar refractivity (Wildman–Crippen MR) is 111 cm³/mol. The highest BCUT2D eigenvalue weighted by Crippen LogP contribution is 2.33. The molecule has 1 N–H and O–H groups in total. The molecule has 0 aliphatic carbocycles. The summed E-state index contributed by atoms with van der Waals surface area (Å²) in [6.07, 6.45) is 2.15.